The van der Waals surface area contributed by atoms with Crippen molar-refractivity contribution in [3.8, 4) is 11.3 Å². The highest BCUT2D eigenvalue weighted by atomic mass is 32.1. The quantitative estimate of drug-likeness (QED) is 0.305. The summed E-state index contributed by atoms with van der Waals surface area (Å²) >= 11 is 1.58. The van der Waals surface area contributed by atoms with Crippen LogP contribution in [0, 0.1) is 0 Å². The van der Waals surface area contributed by atoms with Gasteiger partial charge in [0.2, 0.25) is 5.91 Å². The Morgan fingerprint density at radius 2 is 2.05 bits per heavy atom. The van der Waals surface area contributed by atoms with Gasteiger partial charge in [-0.1, -0.05) is 26.5 Å². The summed E-state index contributed by atoms with van der Waals surface area (Å²) in [4.78, 5) is 44.1. The highest BCUT2D eigenvalue weighted by Gasteiger charge is 2.38. The van der Waals surface area contributed by atoms with E-state index in [0.717, 1.165) is 30.1 Å². The first-order chi connectivity index (χ1) is 21.3. The zero-order valence-electron chi connectivity index (χ0n) is 26.0. The van der Waals surface area contributed by atoms with Crippen LogP contribution in [0.2, 0.25) is 0 Å². The Hall–Kier alpha value is -3.87. The summed E-state index contributed by atoms with van der Waals surface area (Å²) in [6, 6.07) is 7.41. The maximum Gasteiger partial charge on any atom is 0.251 e. The first kappa shape index (κ1) is 31.6. The lowest BCUT2D eigenvalue weighted by Crippen LogP contribution is -2.59. The van der Waals surface area contributed by atoms with Crippen molar-refractivity contribution >= 4 is 40.5 Å². The van der Waals surface area contributed by atoms with Gasteiger partial charge in [-0.05, 0) is 56.1 Å². The van der Waals surface area contributed by atoms with E-state index in [9.17, 15) is 9.59 Å². The minimum atomic E-state index is -0.327. The zero-order valence-corrected chi connectivity index (χ0v) is 26.8. The van der Waals surface area contributed by atoms with Crippen molar-refractivity contribution in [1.82, 2.24) is 29.9 Å². The van der Waals surface area contributed by atoms with E-state index in [-0.39, 0.29) is 25.3 Å². The molecule has 0 unspecified atom stereocenters. The summed E-state index contributed by atoms with van der Waals surface area (Å²) in [6.45, 7) is 15.6. The minimum Gasteiger partial charge on any atom is -0.378 e. The Morgan fingerprint density at radius 3 is 2.68 bits per heavy atom. The smallest absolute Gasteiger partial charge is 0.251 e. The number of hydrogen-bond donors (Lipinski definition) is 1. The van der Waals surface area contributed by atoms with Gasteiger partial charge < -0.3 is 19.9 Å². The number of aryl methyl sites for hydroxylation is 1. The second-order valence-electron chi connectivity index (χ2n) is 11.0. The van der Waals surface area contributed by atoms with Gasteiger partial charge in [-0.15, -0.1) is 11.3 Å². The minimum absolute atomic E-state index is 0. The van der Waals surface area contributed by atoms with Crippen LogP contribution >= 0.6 is 11.3 Å². The molecule has 2 amide bonds. The molecule has 2 aliphatic heterocycles. The number of allylic oxidation sites excluding steroid dienone is 1. The maximum atomic E-state index is 13.6. The molecule has 0 aliphatic carbocycles. The number of pyridine rings is 1. The third-order valence-corrected chi connectivity index (χ3v) is 9.26. The number of carbonyl (C=O) groups is 2. The van der Waals surface area contributed by atoms with E-state index < -0.39 is 0 Å². The van der Waals surface area contributed by atoms with E-state index in [0.29, 0.717) is 67.8 Å². The number of thiophene rings is 1. The van der Waals surface area contributed by atoms with Crippen LogP contribution in [0.3, 0.4) is 0 Å². The van der Waals surface area contributed by atoms with E-state index >= 15 is 0 Å². The molecule has 1 N–H and O–H groups in total. The number of aromatic nitrogens is 3. The summed E-state index contributed by atoms with van der Waals surface area (Å²) in [7, 11) is 1.83. The molecule has 236 valence electrons. The summed E-state index contributed by atoms with van der Waals surface area (Å²) in [5.74, 6) is 1.07. The number of ether oxygens (including phenoxy) is 1. The average Bonchev–Trinajstić information content (AvgIpc) is 3.69. The second-order valence-corrected chi connectivity index (χ2v) is 11.9. The highest BCUT2D eigenvalue weighted by Crippen LogP contribution is 2.34. The molecule has 3 aromatic heterocycles. The molecule has 2 aliphatic rings. The molecule has 0 aromatic carbocycles. The molecular weight excluding hydrogens is 576 g/mol. The predicted molar refractivity (Wildman–Crippen MR) is 177 cm³/mol. The Morgan fingerprint density at radius 1 is 1.27 bits per heavy atom. The van der Waals surface area contributed by atoms with Gasteiger partial charge in [0.25, 0.3) is 5.91 Å². The van der Waals surface area contributed by atoms with Crippen LogP contribution in [-0.2, 0) is 16.6 Å². The Balaban J connectivity index is 0.00000461. The molecule has 12 heteroatoms. The summed E-state index contributed by atoms with van der Waals surface area (Å²) in [6.07, 6.45) is 4.18. The SMILES string of the molecule is C=C/C(=N\c1c(-c2cc(C(=O)NC[C@H](C)N(CC)CC)cc(N3CC[C@H]3C(=O)N3CCOCC3)n2)cnn1C)c1cccs1.[HH]. The van der Waals surface area contributed by atoms with Crippen LogP contribution in [0.15, 0.2) is 53.5 Å². The van der Waals surface area contributed by atoms with Crippen LogP contribution < -0.4 is 10.2 Å². The Kier molecular flexibility index (Phi) is 10.2. The van der Waals surface area contributed by atoms with Crippen molar-refractivity contribution in [1.29, 1.82) is 0 Å². The first-order valence-electron chi connectivity index (χ1n) is 15.3. The van der Waals surface area contributed by atoms with Crippen molar-refractivity contribution in [2.24, 2.45) is 12.0 Å². The van der Waals surface area contributed by atoms with Gasteiger partial charge in [0, 0.05) is 46.3 Å². The summed E-state index contributed by atoms with van der Waals surface area (Å²) < 4.78 is 7.14. The Bertz CT molecular complexity index is 1500. The first-order valence-corrected chi connectivity index (χ1v) is 16.2. The van der Waals surface area contributed by atoms with Crippen LogP contribution in [0.25, 0.3) is 11.3 Å². The van der Waals surface area contributed by atoms with Crippen molar-refractivity contribution < 1.29 is 15.8 Å². The molecular formula is C32H44N8O3S. The fourth-order valence-corrected chi connectivity index (χ4v) is 6.36. The standard InChI is InChI=1S/C32H42N8O3S.H2/c1-6-25(28-10-9-17-44-28)36-30-24(21-34-37(30)5)26-18-23(31(41)33-20-22(4)38(7-2)8-3)19-29(35-26)40-12-11-27(40)32(42)39-13-15-43-16-14-39;/h6,9-10,17-19,21-22,27H,1,7-8,11-16,20H2,2-5H3,(H,33,41);1H/b36-25+;/t22-,27-;/m0./s1. The van der Waals surface area contributed by atoms with E-state index in [1.54, 1.807) is 40.4 Å². The molecule has 5 heterocycles. The monoisotopic (exact) mass is 620 g/mol. The topological polar surface area (TPSA) is 108 Å². The number of hydrogen-bond acceptors (Lipinski definition) is 9. The van der Waals surface area contributed by atoms with E-state index in [1.807, 2.05) is 34.4 Å². The molecule has 0 bridgehead atoms. The normalized spacial score (nSPS) is 17.8. The van der Waals surface area contributed by atoms with Crippen LogP contribution in [0.5, 0.6) is 0 Å². The summed E-state index contributed by atoms with van der Waals surface area (Å²) in [5, 5.41) is 9.61. The third kappa shape index (κ3) is 6.77. The molecule has 44 heavy (non-hydrogen) atoms. The van der Waals surface area contributed by atoms with Crippen LogP contribution in [0.1, 0.15) is 43.9 Å². The third-order valence-electron chi connectivity index (χ3n) is 8.37. The zero-order chi connectivity index (χ0) is 31.2. The fraction of sp³-hybridized carbons (Fsp3) is 0.469. The number of anilines is 1. The van der Waals surface area contributed by atoms with Crippen molar-refractivity contribution in [3.05, 3.63) is 58.9 Å². The number of nitrogens with one attached hydrogen (secondary N) is 1. The lowest BCUT2D eigenvalue weighted by molar-refractivity contribution is -0.138. The average molecular weight is 621 g/mol. The largest absolute Gasteiger partial charge is 0.378 e. The molecule has 2 atom stereocenters. The Labute approximate surface area is 264 Å². The maximum absolute atomic E-state index is 13.6. The molecule has 3 aromatic rings. The van der Waals surface area contributed by atoms with Gasteiger partial charge in [-0.3, -0.25) is 19.2 Å². The number of aliphatic imine (C=N–C) groups is 1. The summed E-state index contributed by atoms with van der Waals surface area (Å²) in [5.41, 5.74) is 2.45. The molecule has 11 nitrogen and oxygen atoms in total. The highest BCUT2D eigenvalue weighted by molar-refractivity contribution is 7.12. The predicted octanol–water partition coefficient (Wildman–Crippen LogP) is 3.99. The molecule has 0 radical (unpaired) electrons. The number of amides is 2. The van der Waals surface area contributed by atoms with Crippen molar-refractivity contribution in [2.75, 3.05) is 57.4 Å². The number of likely N-dealkylation sites (N-methyl/N-ethyl adjacent to an activating group) is 1. The fourth-order valence-electron chi connectivity index (χ4n) is 5.65. The van der Waals surface area contributed by atoms with Crippen LogP contribution in [-0.4, -0.2) is 107 Å². The van der Waals surface area contributed by atoms with Gasteiger partial charge in [0.1, 0.15) is 11.9 Å². The molecule has 2 saturated heterocycles. The second kappa shape index (κ2) is 14.3. The van der Waals surface area contributed by atoms with E-state index in [1.165, 1.54) is 0 Å². The van der Waals surface area contributed by atoms with Gasteiger partial charge in [0.05, 0.1) is 41.3 Å². The van der Waals surface area contributed by atoms with Crippen molar-refractivity contribution in [3.63, 3.8) is 0 Å². The van der Waals surface area contributed by atoms with Gasteiger partial charge in [-0.2, -0.15) is 5.10 Å². The molecule has 0 saturated carbocycles. The van der Waals surface area contributed by atoms with Gasteiger partial charge in [0.15, 0.2) is 5.82 Å². The molecule has 5 rings (SSSR count). The van der Waals surface area contributed by atoms with E-state index in [2.05, 4.69) is 42.7 Å². The van der Waals surface area contributed by atoms with E-state index in [4.69, 9.17) is 14.7 Å². The molecule has 2 fully saturated rings. The van der Waals surface area contributed by atoms with Gasteiger partial charge >= 0.3 is 0 Å². The molecule has 0 spiro atoms. The van der Waals surface area contributed by atoms with Gasteiger partial charge in [-0.25, -0.2) is 9.98 Å². The lowest BCUT2D eigenvalue weighted by Gasteiger charge is -2.43. The van der Waals surface area contributed by atoms with Crippen molar-refractivity contribution in [2.45, 2.75) is 39.3 Å². The van der Waals surface area contributed by atoms with Crippen LogP contribution in [0.4, 0.5) is 11.6 Å². The number of morpholine rings is 1. The number of rotatable bonds is 12. The number of nitrogens with zero attached hydrogens (tertiary/aromatic N) is 7. The lowest BCUT2D eigenvalue weighted by atomic mass is 10.00. The number of carbonyl (C=O) groups excluding carboxylic acids is 2.